The van der Waals surface area contributed by atoms with Gasteiger partial charge >= 0.3 is 0 Å². The van der Waals surface area contributed by atoms with E-state index in [0.29, 0.717) is 0 Å². The highest BCUT2D eigenvalue weighted by Crippen LogP contribution is 2.46. The highest BCUT2D eigenvalue weighted by atomic mass is 16.3. The van der Waals surface area contributed by atoms with E-state index in [1.54, 1.807) is 0 Å². The molecule has 0 atom stereocenters. The number of furan rings is 1. The van der Waals surface area contributed by atoms with Gasteiger partial charge < -0.3 is 4.42 Å². The molecular formula is C44H28O. The molecule has 0 fully saturated rings. The fraction of sp³-hybridized carbons (Fsp3) is 0. The SMILES string of the molecule is [2H]c1c([2H])c([2H])c(-c2c([2H])c(-c3c([2H])c([2H])c([2H])c([2H])c3[2H])c([2H])c(-c3c4c([2H])c([2H])c([2H])c([2H])c4c(-c4c([2H])c([2H])c5c(oc6c([2H])c([2H])c([2H])c([2H])c65)c4[2H])c4c([2H])c([2H])c([2H])c([2H])c34)c2[2H])c([2H])c1[2H]. The highest BCUT2D eigenvalue weighted by Gasteiger charge is 2.19. The molecule has 1 aromatic heterocycles. The smallest absolute Gasteiger partial charge is 0.136 e. The molecule has 8 aromatic carbocycles. The summed E-state index contributed by atoms with van der Waals surface area (Å²) in [6.45, 7) is 0. The van der Waals surface area contributed by atoms with Crippen LogP contribution in [-0.4, -0.2) is 0 Å². The molecular weight excluding hydrogens is 544 g/mol. The zero-order valence-electron chi connectivity index (χ0n) is 50.4. The summed E-state index contributed by atoms with van der Waals surface area (Å²) in [5.74, 6) is 0. The standard InChI is InChI=1S/C44H28O/c1-3-13-29(14-4-1)32-25-33(30-15-5-2-6-16-30)27-34(26-32)44-39-20-9-7-18-37(39)43(38-19-8-10-21-40(38)44)31-23-24-36-35-17-11-12-22-41(35)45-42(36)28-31/h1-28H/i1D,2D,3D,4D,5D,6D,7D,8D,9D,10D,11D,12D,13D,14D,15D,16D,17D,18D,19D,20D,21D,22D,23D,24D,25D,26D,27D,28D. The maximum Gasteiger partial charge on any atom is 0.136 e. The molecule has 0 saturated heterocycles. The van der Waals surface area contributed by atoms with Crippen LogP contribution in [0.1, 0.15) is 38.4 Å². The third kappa shape index (κ3) is 4.24. The molecule has 0 radical (unpaired) electrons. The van der Waals surface area contributed by atoms with Gasteiger partial charge in [0, 0.05) is 10.8 Å². The van der Waals surface area contributed by atoms with Crippen LogP contribution in [-0.2, 0) is 0 Å². The molecule has 0 aliphatic heterocycles. The van der Waals surface area contributed by atoms with Gasteiger partial charge in [0.2, 0.25) is 0 Å². The molecule has 1 heterocycles. The lowest BCUT2D eigenvalue weighted by Gasteiger charge is -2.19. The molecule has 1 heteroatoms. The van der Waals surface area contributed by atoms with E-state index >= 15 is 0 Å². The van der Waals surface area contributed by atoms with E-state index in [9.17, 15) is 13.7 Å². The minimum atomic E-state index is -1.15. The monoisotopic (exact) mass is 600 g/mol. The van der Waals surface area contributed by atoms with Crippen LogP contribution in [0.3, 0.4) is 0 Å². The summed E-state index contributed by atoms with van der Waals surface area (Å²) in [4.78, 5) is 0. The van der Waals surface area contributed by atoms with Gasteiger partial charge in [-0.1, -0.05) is 133 Å². The fourth-order valence-corrected chi connectivity index (χ4v) is 5.14. The summed E-state index contributed by atoms with van der Waals surface area (Å²) in [6.07, 6.45) is 0. The van der Waals surface area contributed by atoms with Crippen molar-refractivity contribution in [2.45, 2.75) is 0 Å². The predicted molar refractivity (Wildman–Crippen MR) is 190 cm³/mol. The Morgan fingerprint density at radius 1 is 0.289 bits per heavy atom. The van der Waals surface area contributed by atoms with Crippen molar-refractivity contribution in [2.24, 2.45) is 0 Å². The molecule has 45 heavy (non-hydrogen) atoms. The second kappa shape index (κ2) is 10.4. The summed E-state index contributed by atoms with van der Waals surface area (Å²) in [5, 5.41) is -4.09. The summed E-state index contributed by atoms with van der Waals surface area (Å²) < 4.78 is 257. The Balaban J connectivity index is 1.65. The van der Waals surface area contributed by atoms with Crippen molar-refractivity contribution in [3.05, 3.63) is 169 Å². The van der Waals surface area contributed by atoms with E-state index in [-0.39, 0.29) is 0 Å². The number of benzene rings is 8. The Morgan fingerprint density at radius 2 is 0.711 bits per heavy atom. The molecule has 0 aliphatic rings. The van der Waals surface area contributed by atoms with Crippen LogP contribution in [0.4, 0.5) is 0 Å². The lowest BCUT2D eigenvalue weighted by molar-refractivity contribution is 0.669. The zero-order chi connectivity index (χ0) is 54.1. The number of para-hydroxylation sites is 1. The maximum atomic E-state index is 9.88. The molecule has 0 N–H and O–H groups in total. The van der Waals surface area contributed by atoms with Crippen LogP contribution in [0, 0.1) is 0 Å². The minimum Gasteiger partial charge on any atom is -0.456 e. The van der Waals surface area contributed by atoms with Gasteiger partial charge in [-0.15, -0.1) is 0 Å². The molecule has 210 valence electrons. The Kier molecular flexibility index (Phi) is 2.32. The summed E-state index contributed by atoms with van der Waals surface area (Å²) >= 11 is 0. The van der Waals surface area contributed by atoms with E-state index in [1.807, 2.05) is 0 Å². The largest absolute Gasteiger partial charge is 0.456 e. The zero-order valence-corrected chi connectivity index (χ0v) is 22.4. The highest BCUT2D eigenvalue weighted by molar-refractivity contribution is 6.22. The molecule has 0 bridgehead atoms. The molecule has 0 aliphatic carbocycles. The predicted octanol–water partition coefficient (Wildman–Crippen LogP) is 12.6. The van der Waals surface area contributed by atoms with Crippen LogP contribution in [0.2, 0.25) is 0 Å². The van der Waals surface area contributed by atoms with Crippen molar-refractivity contribution in [1.29, 1.82) is 0 Å². The van der Waals surface area contributed by atoms with Gasteiger partial charge in [-0.25, -0.2) is 0 Å². The van der Waals surface area contributed by atoms with Crippen molar-refractivity contribution in [3.8, 4) is 44.5 Å². The van der Waals surface area contributed by atoms with E-state index in [0.717, 1.165) is 0 Å². The van der Waals surface area contributed by atoms with Crippen LogP contribution in [0.15, 0.2) is 174 Å². The molecule has 9 rings (SSSR count). The van der Waals surface area contributed by atoms with Gasteiger partial charge in [-0.2, -0.15) is 0 Å². The normalized spacial score (nSPS) is 20.3. The van der Waals surface area contributed by atoms with Gasteiger partial charge in [-0.3, -0.25) is 0 Å². The summed E-state index contributed by atoms with van der Waals surface area (Å²) in [7, 11) is 0. The Hall–Kier alpha value is -5.92. The first-order valence-corrected chi connectivity index (χ1v) is 13.2. The number of hydrogen-bond acceptors (Lipinski definition) is 1. The van der Waals surface area contributed by atoms with Gasteiger partial charge in [0.25, 0.3) is 0 Å². The Labute approximate surface area is 301 Å². The Bertz CT molecular complexity index is 3880. The number of fused-ring (bicyclic) bond motifs is 5. The van der Waals surface area contributed by atoms with Gasteiger partial charge in [0.1, 0.15) is 11.2 Å². The van der Waals surface area contributed by atoms with Crippen molar-refractivity contribution < 1.29 is 42.8 Å². The van der Waals surface area contributed by atoms with Crippen LogP contribution >= 0.6 is 0 Å². The second-order valence-corrected chi connectivity index (χ2v) is 9.51. The molecule has 0 saturated carbocycles. The van der Waals surface area contributed by atoms with Crippen LogP contribution < -0.4 is 0 Å². The number of rotatable bonds is 4. The fourth-order valence-electron chi connectivity index (χ4n) is 5.14. The van der Waals surface area contributed by atoms with Crippen molar-refractivity contribution in [2.75, 3.05) is 0 Å². The van der Waals surface area contributed by atoms with E-state index < -0.39 is 257 Å². The van der Waals surface area contributed by atoms with Gasteiger partial charge in [-0.05, 0) is 102 Å². The summed E-state index contributed by atoms with van der Waals surface area (Å²) in [5.41, 5.74) is -8.27. The first-order chi connectivity index (χ1) is 34.0. The molecule has 0 unspecified atom stereocenters. The van der Waals surface area contributed by atoms with E-state index in [1.165, 1.54) is 0 Å². The third-order valence-electron chi connectivity index (χ3n) is 7.01. The van der Waals surface area contributed by atoms with Crippen LogP contribution in [0.25, 0.3) is 88.0 Å². The summed E-state index contributed by atoms with van der Waals surface area (Å²) in [6, 6.07) is -27.5. The lowest BCUT2D eigenvalue weighted by atomic mass is 9.84. The van der Waals surface area contributed by atoms with Crippen molar-refractivity contribution in [3.63, 3.8) is 0 Å². The first-order valence-electron chi connectivity index (χ1n) is 27.2. The van der Waals surface area contributed by atoms with Crippen molar-refractivity contribution in [1.82, 2.24) is 0 Å². The quantitative estimate of drug-likeness (QED) is 0.183. The Morgan fingerprint density at radius 3 is 1.27 bits per heavy atom. The van der Waals surface area contributed by atoms with Crippen LogP contribution in [0.5, 0.6) is 0 Å². The molecule has 0 amide bonds. The van der Waals surface area contributed by atoms with E-state index in [4.69, 9.17) is 29.1 Å². The third-order valence-corrected chi connectivity index (χ3v) is 7.01. The number of hydrogen-bond donors (Lipinski definition) is 0. The maximum absolute atomic E-state index is 9.88. The second-order valence-electron chi connectivity index (χ2n) is 9.51. The topological polar surface area (TPSA) is 13.1 Å². The molecule has 1 nitrogen and oxygen atoms in total. The minimum absolute atomic E-state index is 0.401. The molecule has 0 spiro atoms. The molecule has 9 aromatic rings. The lowest BCUT2D eigenvalue weighted by Crippen LogP contribution is -1.92. The average Bonchev–Trinajstić information content (AvgIpc) is 3.77. The van der Waals surface area contributed by atoms with Gasteiger partial charge in [0.15, 0.2) is 0 Å². The van der Waals surface area contributed by atoms with E-state index in [2.05, 4.69) is 0 Å². The first kappa shape index (κ1) is 10.1. The van der Waals surface area contributed by atoms with Gasteiger partial charge in [0.05, 0.1) is 38.4 Å². The average molecular weight is 601 g/mol. The van der Waals surface area contributed by atoms with Crippen molar-refractivity contribution >= 4 is 43.5 Å².